The zero-order valence-corrected chi connectivity index (χ0v) is 17.1. The van der Waals surface area contributed by atoms with E-state index in [-0.39, 0.29) is 11.4 Å². The summed E-state index contributed by atoms with van der Waals surface area (Å²) in [4.78, 5) is 12.0. The molecular weight excluding hydrogens is 354 g/mol. The Morgan fingerprint density at radius 1 is 1.11 bits per heavy atom. The second-order valence-electron chi connectivity index (χ2n) is 7.95. The van der Waals surface area contributed by atoms with E-state index in [2.05, 4.69) is 0 Å². The van der Waals surface area contributed by atoms with Gasteiger partial charge in [-0.1, -0.05) is 51.1 Å². The third-order valence-electron chi connectivity index (χ3n) is 4.32. The van der Waals surface area contributed by atoms with Gasteiger partial charge in [-0.3, -0.25) is 0 Å². The van der Waals surface area contributed by atoms with E-state index in [9.17, 15) is 4.79 Å². The van der Waals surface area contributed by atoms with Crippen LogP contribution in [0.1, 0.15) is 38.8 Å². The van der Waals surface area contributed by atoms with Crippen molar-refractivity contribution in [2.75, 3.05) is 7.11 Å². The van der Waals surface area contributed by atoms with Gasteiger partial charge < -0.3 is 14.2 Å². The van der Waals surface area contributed by atoms with Crippen LogP contribution in [0.5, 0.6) is 5.75 Å². The van der Waals surface area contributed by atoms with Gasteiger partial charge in [0.25, 0.3) is 0 Å². The Hall–Kier alpha value is -2.84. The van der Waals surface area contributed by atoms with Gasteiger partial charge in [-0.2, -0.15) is 5.26 Å². The highest BCUT2D eigenvalue weighted by molar-refractivity contribution is 5.81. The third-order valence-corrected chi connectivity index (χ3v) is 4.32. The van der Waals surface area contributed by atoms with Crippen LogP contribution in [0.3, 0.4) is 0 Å². The van der Waals surface area contributed by atoms with Crippen molar-refractivity contribution >= 4 is 5.97 Å². The van der Waals surface area contributed by atoms with E-state index in [1.54, 1.807) is 38.3 Å². The number of rotatable bonds is 3. The first kappa shape index (κ1) is 21.5. The number of ether oxygens (including phenoxy) is 3. The number of nitriles is 1. The van der Waals surface area contributed by atoms with Crippen LogP contribution in [0.2, 0.25) is 0 Å². The number of esters is 1. The second kappa shape index (κ2) is 8.90. The van der Waals surface area contributed by atoms with Crippen LogP contribution in [-0.4, -0.2) is 25.0 Å². The Kier molecular flexibility index (Phi) is 6.82. The third kappa shape index (κ3) is 5.58. The van der Waals surface area contributed by atoms with Crippen LogP contribution < -0.4 is 4.74 Å². The zero-order valence-electron chi connectivity index (χ0n) is 17.1. The Morgan fingerprint density at radius 2 is 1.71 bits per heavy atom. The smallest absolute Gasteiger partial charge is 0.340 e. The first-order valence-electron chi connectivity index (χ1n) is 9.15. The summed E-state index contributed by atoms with van der Waals surface area (Å²) < 4.78 is 16.1. The molecular formula is C23H27NO4. The summed E-state index contributed by atoms with van der Waals surface area (Å²) in [5.74, 6) is 0.505. The van der Waals surface area contributed by atoms with Crippen molar-refractivity contribution in [3.63, 3.8) is 0 Å². The molecule has 2 aromatic rings. The topological polar surface area (TPSA) is 68.6 Å². The lowest BCUT2D eigenvalue weighted by atomic mass is 9.95. The van der Waals surface area contributed by atoms with Gasteiger partial charge in [-0.05, 0) is 36.8 Å². The molecule has 1 fully saturated rings. The van der Waals surface area contributed by atoms with Crippen LogP contribution in [0.4, 0.5) is 0 Å². The number of carbonyl (C=O) groups is 1. The van der Waals surface area contributed by atoms with E-state index in [0.717, 1.165) is 11.3 Å². The predicted molar refractivity (Wildman–Crippen MR) is 107 cm³/mol. The molecule has 0 aromatic heterocycles. The van der Waals surface area contributed by atoms with Gasteiger partial charge in [0.1, 0.15) is 5.75 Å². The summed E-state index contributed by atoms with van der Waals surface area (Å²) in [7, 11) is 1.60. The zero-order chi connectivity index (χ0) is 20.8. The van der Waals surface area contributed by atoms with Gasteiger partial charge in [0.2, 0.25) is 6.29 Å². The molecule has 0 aliphatic carbocycles. The lowest BCUT2D eigenvalue weighted by Crippen LogP contribution is -2.36. The van der Waals surface area contributed by atoms with Crippen molar-refractivity contribution in [2.24, 2.45) is 5.41 Å². The van der Waals surface area contributed by atoms with Crippen LogP contribution in [-0.2, 0) is 20.7 Å². The summed E-state index contributed by atoms with van der Waals surface area (Å²) in [5.41, 5.74) is 0.649. The molecule has 0 unspecified atom stereocenters. The molecule has 0 bridgehead atoms. The Bertz CT molecular complexity index is 818. The molecule has 2 atom stereocenters. The van der Waals surface area contributed by atoms with E-state index >= 15 is 0 Å². The largest absolute Gasteiger partial charge is 0.497 e. The van der Waals surface area contributed by atoms with Gasteiger partial charge in [-0.15, -0.1) is 0 Å². The molecule has 1 aliphatic rings. The van der Waals surface area contributed by atoms with Gasteiger partial charge in [0, 0.05) is 11.8 Å². The fraction of sp³-hybridized carbons (Fsp3) is 0.391. The van der Waals surface area contributed by atoms with E-state index in [0.29, 0.717) is 12.0 Å². The summed E-state index contributed by atoms with van der Waals surface area (Å²) in [6.45, 7) is 7.80. The van der Waals surface area contributed by atoms with Gasteiger partial charge >= 0.3 is 5.97 Å². The normalized spacial score (nSPS) is 21.1. The minimum absolute atomic E-state index is 0.204. The molecule has 0 radical (unpaired) electrons. The molecule has 0 spiro atoms. The number of hydrogen-bond acceptors (Lipinski definition) is 5. The fourth-order valence-corrected chi connectivity index (χ4v) is 2.65. The van der Waals surface area contributed by atoms with Crippen LogP contribution in [0, 0.1) is 16.7 Å². The van der Waals surface area contributed by atoms with Gasteiger partial charge in [0.15, 0.2) is 5.60 Å². The first-order chi connectivity index (χ1) is 13.2. The van der Waals surface area contributed by atoms with E-state index in [1.165, 1.54) is 0 Å². The average Bonchev–Trinajstić information content (AvgIpc) is 2.98. The summed E-state index contributed by atoms with van der Waals surface area (Å²) in [5, 5.41) is 8.41. The first-order valence-corrected chi connectivity index (χ1v) is 9.15. The Labute approximate surface area is 166 Å². The van der Waals surface area contributed by atoms with Crippen molar-refractivity contribution in [3.8, 4) is 11.8 Å². The molecule has 5 heteroatoms. The predicted octanol–water partition coefficient (Wildman–Crippen LogP) is 4.50. The van der Waals surface area contributed by atoms with E-state index in [4.69, 9.17) is 19.5 Å². The number of nitrogens with zero attached hydrogens (tertiary/aromatic N) is 1. The van der Waals surface area contributed by atoms with Gasteiger partial charge in [0.05, 0.1) is 18.7 Å². The number of hydrogen-bond donors (Lipinski definition) is 0. The average molecular weight is 381 g/mol. The number of carbonyl (C=O) groups excluding carboxylic acids is 1. The maximum absolute atomic E-state index is 12.0. The minimum atomic E-state index is -0.876. The molecule has 28 heavy (non-hydrogen) atoms. The van der Waals surface area contributed by atoms with E-state index < -0.39 is 11.9 Å². The Morgan fingerprint density at radius 3 is 2.18 bits per heavy atom. The van der Waals surface area contributed by atoms with Crippen LogP contribution in [0.15, 0.2) is 54.6 Å². The molecule has 0 saturated carbocycles. The molecule has 148 valence electrons. The summed E-state index contributed by atoms with van der Waals surface area (Å²) >= 11 is 0. The standard InChI is InChI=1S/C15H20O3.C8H7NO/c1-14(2,3)13-17-12(16)15(4,18-13)10-11-8-6-5-7-9-11;1-10-8-4-2-7(6-9)3-5-8/h5-9,13H,10H2,1-4H3;2-5H,1H3/t13-,15-;/m1./s1. The van der Waals surface area contributed by atoms with Crippen LogP contribution in [0.25, 0.3) is 0 Å². The monoisotopic (exact) mass is 381 g/mol. The highest BCUT2D eigenvalue weighted by Gasteiger charge is 2.50. The molecule has 2 aromatic carbocycles. The molecule has 3 rings (SSSR count). The molecule has 1 aliphatic heterocycles. The maximum Gasteiger partial charge on any atom is 0.340 e. The maximum atomic E-state index is 12.0. The number of cyclic esters (lactones) is 1. The molecule has 5 nitrogen and oxygen atoms in total. The lowest BCUT2D eigenvalue weighted by molar-refractivity contribution is -0.155. The van der Waals surface area contributed by atoms with Crippen molar-refractivity contribution in [3.05, 3.63) is 65.7 Å². The van der Waals surface area contributed by atoms with Crippen molar-refractivity contribution in [1.29, 1.82) is 5.26 Å². The Balaban J connectivity index is 0.000000237. The minimum Gasteiger partial charge on any atom is -0.497 e. The number of methoxy groups -OCH3 is 1. The number of benzene rings is 2. The van der Waals surface area contributed by atoms with Crippen molar-refractivity contribution < 1.29 is 19.0 Å². The molecule has 0 N–H and O–H groups in total. The summed E-state index contributed by atoms with van der Waals surface area (Å²) in [6, 6.07) is 18.8. The van der Waals surface area contributed by atoms with E-state index in [1.807, 2.05) is 57.2 Å². The highest BCUT2D eigenvalue weighted by Crippen LogP contribution is 2.36. The SMILES string of the molecule is CC(C)(C)[C@@H]1OC(=O)[C@@](C)(Cc2ccccc2)O1.COc1ccc(C#N)cc1. The second-order valence-corrected chi connectivity index (χ2v) is 7.95. The van der Waals surface area contributed by atoms with Crippen molar-refractivity contribution in [2.45, 2.75) is 46.0 Å². The summed E-state index contributed by atoms with van der Waals surface area (Å²) in [6.07, 6.45) is 0.0675. The molecule has 0 amide bonds. The van der Waals surface area contributed by atoms with Crippen LogP contribution >= 0.6 is 0 Å². The highest BCUT2D eigenvalue weighted by atomic mass is 16.8. The lowest BCUT2D eigenvalue weighted by Gasteiger charge is -2.26. The fourth-order valence-electron chi connectivity index (χ4n) is 2.65. The quantitative estimate of drug-likeness (QED) is 0.732. The van der Waals surface area contributed by atoms with Crippen molar-refractivity contribution in [1.82, 2.24) is 0 Å². The van der Waals surface area contributed by atoms with Gasteiger partial charge in [-0.25, -0.2) is 4.79 Å². The molecule has 1 heterocycles. The molecule has 1 saturated heterocycles.